The summed E-state index contributed by atoms with van der Waals surface area (Å²) < 4.78 is 47.9. The molecule has 1 aliphatic carbocycles. The van der Waals surface area contributed by atoms with E-state index in [1.165, 1.54) is 0 Å². The number of phosphoric ester groups is 1. The Morgan fingerprint density at radius 1 is 1.20 bits per heavy atom. The minimum Gasteiger partial charge on any atom is -0.345 e. The molecule has 0 radical (unpaired) electrons. The summed E-state index contributed by atoms with van der Waals surface area (Å²) in [6.07, 6.45) is 6.56. The van der Waals surface area contributed by atoms with Crippen LogP contribution in [0.25, 0.3) is 0 Å². The van der Waals surface area contributed by atoms with Crippen LogP contribution in [0.5, 0.6) is 0 Å². The highest BCUT2D eigenvalue weighted by atomic mass is 31.3. The Morgan fingerprint density at radius 3 is 2.33 bits per heavy atom. The summed E-state index contributed by atoms with van der Waals surface area (Å²) in [6.45, 7) is 12.7. The van der Waals surface area contributed by atoms with Crippen LogP contribution in [0.1, 0.15) is 34.1 Å². The molecule has 2 aliphatic rings. The monoisotopic (exact) mass is 485 g/mol. The molecule has 0 aromatic carbocycles. The lowest BCUT2D eigenvalue weighted by atomic mass is 9.77. The summed E-state index contributed by atoms with van der Waals surface area (Å²) in [6, 6.07) is 0.0563. The Labute approximate surface area is 177 Å². The third-order valence-corrected chi connectivity index (χ3v) is 9.90. The second-order valence-electron chi connectivity index (χ2n) is 8.42. The van der Waals surface area contributed by atoms with Crippen LogP contribution in [0.3, 0.4) is 0 Å². The maximum absolute atomic E-state index is 12.1. The first-order valence-electron chi connectivity index (χ1n) is 9.30. The first-order chi connectivity index (χ1) is 13.4. The van der Waals surface area contributed by atoms with Crippen molar-refractivity contribution in [1.29, 1.82) is 0 Å². The Bertz CT molecular complexity index is 891. The van der Waals surface area contributed by atoms with Crippen LogP contribution in [0, 0.1) is 17.3 Å². The first kappa shape index (κ1) is 25.7. The summed E-state index contributed by atoms with van der Waals surface area (Å²) in [7, 11) is -14.7. The van der Waals surface area contributed by atoms with Crippen molar-refractivity contribution in [2.45, 2.75) is 40.2 Å². The van der Waals surface area contributed by atoms with Gasteiger partial charge in [-0.3, -0.25) is 9.09 Å². The molecule has 3 N–H and O–H groups in total. The number of hydrogen-bond donors (Lipinski definition) is 3. The van der Waals surface area contributed by atoms with Crippen molar-refractivity contribution in [1.82, 2.24) is 4.90 Å². The van der Waals surface area contributed by atoms with Crippen molar-refractivity contribution in [2.75, 3.05) is 13.3 Å². The average molecular weight is 485 g/mol. The zero-order valence-corrected chi connectivity index (χ0v) is 20.3. The van der Waals surface area contributed by atoms with Crippen molar-refractivity contribution in [3.63, 3.8) is 0 Å². The summed E-state index contributed by atoms with van der Waals surface area (Å²) in [5, 5.41) is 0. The molecule has 1 saturated carbocycles. The second kappa shape index (κ2) is 8.78. The van der Waals surface area contributed by atoms with Gasteiger partial charge in [0.1, 0.15) is 0 Å². The van der Waals surface area contributed by atoms with Gasteiger partial charge in [-0.25, -0.2) is 13.4 Å². The van der Waals surface area contributed by atoms with Gasteiger partial charge in [-0.15, -0.1) is 0 Å². The lowest BCUT2D eigenvalue weighted by Crippen LogP contribution is -2.40. The zero-order chi connectivity index (χ0) is 23.1. The van der Waals surface area contributed by atoms with E-state index < -0.39 is 23.2 Å². The lowest BCUT2D eigenvalue weighted by molar-refractivity contribution is 0.122. The van der Waals surface area contributed by atoms with E-state index in [0.717, 1.165) is 11.3 Å². The number of hydrogen-bond acceptors (Lipinski definition) is 7. The minimum absolute atomic E-state index is 0.0563. The summed E-state index contributed by atoms with van der Waals surface area (Å²) in [5.41, 5.74) is 1.75. The number of nitrogens with zero attached hydrogens (tertiary/aromatic N) is 1. The number of phosphoric acid groups is 2. The summed E-state index contributed by atoms with van der Waals surface area (Å²) in [4.78, 5) is 30.3. The molecule has 0 amide bonds. The Kier molecular flexibility index (Phi) is 7.53. The van der Waals surface area contributed by atoms with Crippen LogP contribution in [0.2, 0.25) is 0 Å². The van der Waals surface area contributed by atoms with E-state index in [4.69, 9.17) is 9.42 Å². The van der Waals surface area contributed by atoms with Crippen LogP contribution in [-0.4, -0.2) is 38.9 Å². The molecular formula is C17H30NO9P3. The molecule has 0 spiro atoms. The molecule has 2 rings (SSSR count). The molecule has 0 bridgehead atoms. The largest absolute Gasteiger partial charge is 0.488 e. The molecule has 1 fully saturated rings. The van der Waals surface area contributed by atoms with Gasteiger partial charge in [0.2, 0.25) is 0 Å². The Morgan fingerprint density at radius 2 is 1.80 bits per heavy atom. The van der Waals surface area contributed by atoms with E-state index in [1.54, 1.807) is 0 Å². The van der Waals surface area contributed by atoms with Crippen molar-refractivity contribution >= 4 is 23.2 Å². The molecular weight excluding hydrogens is 455 g/mol. The van der Waals surface area contributed by atoms with E-state index in [9.17, 15) is 23.5 Å². The third kappa shape index (κ3) is 6.49. The van der Waals surface area contributed by atoms with Crippen molar-refractivity contribution in [3.8, 4) is 0 Å². The molecule has 1 aliphatic heterocycles. The number of rotatable bonds is 8. The van der Waals surface area contributed by atoms with E-state index >= 15 is 0 Å². The first-order valence-corrected chi connectivity index (χ1v) is 14.3. The topological polar surface area (TPSA) is 143 Å². The van der Waals surface area contributed by atoms with Crippen LogP contribution >= 0.6 is 23.2 Å². The van der Waals surface area contributed by atoms with E-state index in [-0.39, 0.29) is 29.9 Å². The SMILES string of the molecule is C=C1C=C(C)C=CN1C1CC(COP(=O)(O)OP(=O)(O)OP(C)(=O)O)C(C)C1(C)C. The third-order valence-electron chi connectivity index (χ3n) is 5.74. The van der Waals surface area contributed by atoms with Gasteiger partial charge < -0.3 is 19.6 Å². The van der Waals surface area contributed by atoms with Gasteiger partial charge in [0.15, 0.2) is 0 Å². The van der Waals surface area contributed by atoms with Crippen molar-refractivity contribution in [2.24, 2.45) is 17.3 Å². The normalized spacial score (nSPS) is 32.3. The standard InChI is InChI=1S/C17H30NO9P3/c1-12-7-8-18(13(2)9-12)16-10-15(14(3)17(16,4)5)11-25-29(21,22)27-30(23,24)26-28(6,19)20/h7-9,14-16H,2,10-11H2,1,3-6H3,(H,19,20)(H,21,22)(H,23,24). The average Bonchev–Trinajstić information content (AvgIpc) is 2.73. The van der Waals surface area contributed by atoms with Crippen molar-refractivity contribution < 1.29 is 41.5 Å². The predicted octanol–water partition coefficient (Wildman–Crippen LogP) is 4.39. The highest BCUT2D eigenvalue weighted by Gasteiger charge is 2.50. The molecule has 30 heavy (non-hydrogen) atoms. The molecule has 0 saturated heterocycles. The minimum atomic E-state index is -5.27. The zero-order valence-electron chi connectivity index (χ0n) is 17.7. The molecule has 172 valence electrons. The van der Waals surface area contributed by atoms with Gasteiger partial charge in [0.05, 0.1) is 6.61 Å². The van der Waals surface area contributed by atoms with Gasteiger partial charge in [-0.05, 0) is 48.3 Å². The Balaban J connectivity index is 2.06. The predicted molar refractivity (Wildman–Crippen MR) is 112 cm³/mol. The van der Waals surface area contributed by atoms with Crippen molar-refractivity contribution in [3.05, 3.63) is 36.2 Å². The van der Waals surface area contributed by atoms with Crippen LogP contribution in [-0.2, 0) is 26.8 Å². The maximum atomic E-state index is 12.1. The van der Waals surface area contributed by atoms with Gasteiger partial charge in [0, 0.05) is 24.6 Å². The van der Waals surface area contributed by atoms with E-state index in [2.05, 4.69) is 33.9 Å². The molecule has 6 atom stereocenters. The van der Waals surface area contributed by atoms with Gasteiger partial charge in [0.25, 0.3) is 0 Å². The molecule has 10 nitrogen and oxygen atoms in total. The molecule has 0 aromatic heterocycles. The fraction of sp³-hybridized carbons (Fsp3) is 0.647. The second-order valence-corrected chi connectivity index (χ2v) is 13.5. The fourth-order valence-electron chi connectivity index (χ4n) is 3.92. The highest BCUT2D eigenvalue weighted by molar-refractivity contribution is 7.68. The lowest BCUT2D eigenvalue weighted by Gasteiger charge is -2.40. The molecule has 0 aromatic rings. The van der Waals surface area contributed by atoms with E-state index in [1.807, 2.05) is 32.2 Å². The molecule has 13 heteroatoms. The van der Waals surface area contributed by atoms with Crippen LogP contribution < -0.4 is 0 Å². The summed E-state index contributed by atoms with van der Waals surface area (Å²) in [5.74, 6) is -0.0856. The fourth-order valence-corrected chi connectivity index (χ4v) is 7.45. The van der Waals surface area contributed by atoms with E-state index in [0.29, 0.717) is 13.1 Å². The van der Waals surface area contributed by atoms with Crippen LogP contribution in [0.4, 0.5) is 0 Å². The number of allylic oxidation sites excluding steroid dienone is 3. The smallest absolute Gasteiger partial charge is 0.345 e. The van der Waals surface area contributed by atoms with Gasteiger partial charge >= 0.3 is 23.2 Å². The quantitative estimate of drug-likeness (QED) is 0.424. The Hall–Kier alpha value is -0.530. The maximum Gasteiger partial charge on any atom is 0.488 e. The van der Waals surface area contributed by atoms with Gasteiger partial charge in [-0.2, -0.15) is 4.31 Å². The van der Waals surface area contributed by atoms with Gasteiger partial charge in [-0.1, -0.05) is 27.4 Å². The highest BCUT2D eigenvalue weighted by Crippen LogP contribution is 2.66. The van der Waals surface area contributed by atoms with Crippen LogP contribution in [0.15, 0.2) is 36.2 Å². The molecule has 1 heterocycles. The summed E-state index contributed by atoms with van der Waals surface area (Å²) >= 11 is 0. The molecule has 6 unspecified atom stereocenters.